The van der Waals surface area contributed by atoms with Crippen molar-refractivity contribution in [1.82, 2.24) is 9.29 Å². The van der Waals surface area contributed by atoms with E-state index in [2.05, 4.69) is 31.1 Å². The number of urea groups is 1. The number of rotatable bonds is 6. The number of hydrogen-bond acceptors (Lipinski definition) is 6. The zero-order valence-corrected chi connectivity index (χ0v) is 19.4. The Morgan fingerprint density at radius 2 is 1.76 bits per heavy atom. The Kier molecular flexibility index (Phi) is 6.92. The maximum absolute atomic E-state index is 12.5. The van der Waals surface area contributed by atoms with Crippen LogP contribution >= 0.6 is 11.3 Å². The van der Waals surface area contributed by atoms with Gasteiger partial charge in [0.1, 0.15) is 5.75 Å². The van der Waals surface area contributed by atoms with Crippen molar-refractivity contribution >= 4 is 38.2 Å². The molecule has 0 unspecified atom stereocenters. The van der Waals surface area contributed by atoms with Crippen molar-refractivity contribution in [1.29, 1.82) is 0 Å². The van der Waals surface area contributed by atoms with Crippen LogP contribution in [-0.4, -0.2) is 51.5 Å². The number of carbonyl (C=O) groups is 1. The summed E-state index contributed by atoms with van der Waals surface area (Å²) in [5.41, 5.74) is 1.01. The topological polar surface area (TPSA) is 91.8 Å². The Balaban J connectivity index is 2.08. The first kappa shape index (κ1) is 23.1. The number of ether oxygens (including phenoxy) is 1. The van der Waals surface area contributed by atoms with Gasteiger partial charge in [0.2, 0.25) is 0 Å². The number of benzene rings is 1. The second kappa shape index (κ2) is 8.68. The van der Waals surface area contributed by atoms with Gasteiger partial charge in [-0.25, -0.2) is 22.5 Å². The quantitative estimate of drug-likeness (QED) is 0.738. The lowest BCUT2D eigenvalue weighted by molar-refractivity contribution is 0.198. The highest BCUT2D eigenvalue weighted by atomic mass is 32.2. The van der Waals surface area contributed by atoms with Crippen LogP contribution in [0.4, 0.5) is 15.6 Å². The molecule has 0 bridgehead atoms. The molecule has 0 fully saturated rings. The number of nitrogens with zero attached hydrogens (tertiary/aromatic N) is 3. The van der Waals surface area contributed by atoms with Crippen molar-refractivity contribution in [2.45, 2.75) is 31.9 Å². The van der Waals surface area contributed by atoms with E-state index in [4.69, 9.17) is 4.74 Å². The van der Waals surface area contributed by atoms with Crippen molar-refractivity contribution in [2.24, 2.45) is 5.41 Å². The molecule has 0 saturated heterocycles. The fourth-order valence-corrected chi connectivity index (χ4v) is 4.75. The fraction of sp³-hybridized carbons (Fsp3) is 0.474. The summed E-state index contributed by atoms with van der Waals surface area (Å²) in [6.45, 7) is 8.47. The van der Waals surface area contributed by atoms with Crippen LogP contribution in [0.5, 0.6) is 5.75 Å². The lowest BCUT2D eigenvalue weighted by Gasteiger charge is -2.19. The molecule has 1 N–H and O–H groups in total. The third-order valence-electron chi connectivity index (χ3n) is 3.83. The number of hydrogen-bond donors (Lipinski definition) is 1. The number of aryl methyl sites for hydroxylation is 1. The second-order valence-electron chi connectivity index (χ2n) is 8.02. The summed E-state index contributed by atoms with van der Waals surface area (Å²) in [6.07, 6.45) is 0. The van der Waals surface area contributed by atoms with Gasteiger partial charge in [-0.3, -0.25) is 4.90 Å². The molecule has 8 nitrogen and oxygen atoms in total. The zero-order chi connectivity index (χ0) is 22.0. The number of carbonyl (C=O) groups excluding carboxylic acids is 1. The molecule has 160 valence electrons. The number of sulfonamides is 1. The van der Waals surface area contributed by atoms with E-state index in [0.717, 1.165) is 21.4 Å². The Bertz CT molecular complexity index is 961. The summed E-state index contributed by atoms with van der Waals surface area (Å²) in [6, 6.07) is 6.65. The zero-order valence-electron chi connectivity index (χ0n) is 17.8. The average Bonchev–Trinajstić information content (AvgIpc) is 3.02. The molecular formula is C19H28N4O4S2. The third-order valence-corrected chi connectivity index (χ3v) is 7.46. The SMILES string of the molecule is Cc1nc(N(C)C(=O)Nc2ccc(OCC(C)(C)C)cc2)sc1S(=O)(=O)N(C)C. The highest BCUT2D eigenvalue weighted by molar-refractivity contribution is 7.91. The Morgan fingerprint density at radius 1 is 1.17 bits per heavy atom. The number of aromatic nitrogens is 1. The molecule has 0 aliphatic heterocycles. The maximum atomic E-state index is 12.5. The highest BCUT2D eigenvalue weighted by Crippen LogP contribution is 2.31. The summed E-state index contributed by atoms with van der Waals surface area (Å²) in [5.74, 6) is 0.723. The number of anilines is 2. The summed E-state index contributed by atoms with van der Waals surface area (Å²) in [5, 5.41) is 3.07. The largest absolute Gasteiger partial charge is 0.493 e. The van der Waals surface area contributed by atoms with Crippen molar-refractivity contribution in [3.63, 3.8) is 0 Å². The first-order valence-corrected chi connectivity index (χ1v) is 11.2. The minimum absolute atomic E-state index is 0.0559. The van der Waals surface area contributed by atoms with Gasteiger partial charge in [0.25, 0.3) is 10.0 Å². The summed E-state index contributed by atoms with van der Waals surface area (Å²) < 4.78 is 31.7. The van der Waals surface area contributed by atoms with E-state index in [0.29, 0.717) is 23.1 Å². The van der Waals surface area contributed by atoms with Crippen LogP contribution in [0.2, 0.25) is 0 Å². The molecule has 0 aliphatic carbocycles. The molecule has 1 heterocycles. The van der Waals surface area contributed by atoms with E-state index < -0.39 is 16.1 Å². The first-order chi connectivity index (χ1) is 13.3. The van der Waals surface area contributed by atoms with Crippen LogP contribution < -0.4 is 15.0 Å². The van der Waals surface area contributed by atoms with Gasteiger partial charge in [-0.2, -0.15) is 0 Å². The molecule has 0 atom stereocenters. The first-order valence-electron chi connectivity index (χ1n) is 8.99. The number of nitrogens with one attached hydrogen (secondary N) is 1. The van der Waals surface area contributed by atoms with E-state index in [1.54, 1.807) is 38.2 Å². The average molecular weight is 441 g/mol. The molecule has 0 saturated carbocycles. The molecule has 2 rings (SSSR count). The Labute approximate surface area is 176 Å². The Morgan fingerprint density at radius 3 is 2.28 bits per heavy atom. The molecule has 2 aromatic rings. The number of amides is 2. The molecule has 1 aromatic carbocycles. The summed E-state index contributed by atoms with van der Waals surface area (Å²) in [7, 11) is 0.849. The molecule has 1 aromatic heterocycles. The van der Waals surface area contributed by atoms with Gasteiger partial charge in [-0.1, -0.05) is 32.1 Å². The van der Waals surface area contributed by atoms with Crippen molar-refractivity contribution < 1.29 is 17.9 Å². The molecule has 0 spiro atoms. The van der Waals surface area contributed by atoms with E-state index >= 15 is 0 Å². The summed E-state index contributed by atoms with van der Waals surface area (Å²) in [4.78, 5) is 18.1. The second-order valence-corrected chi connectivity index (χ2v) is 11.3. The van der Waals surface area contributed by atoms with Gasteiger partial charge in [0, 0.05) is 26.8 Å². The van der Waals surface area contributed by atoms with Crippen LogP contribution in [0.1, 0.15) is 26.5 Å². The van der Waals surface area contributed by atoms with E-state index in [-0.39, 0.29) is 9.62 Å². The van der Waals surface area contributed by atoms with E-state index in [9.17, 15) is 13.2 Å². The van der Waals surface area contributed by atoms with Crippen molar-refractivity contribution in [2.75, 3.05) is 38.0 Å². The smallest absolute Gasteiger partial charge is 0.327 e. The number of thiazole rings is 1. The van der Waals surface area contributed by atoms with Gasteiger partial charge in [0.05, 0.1) is 12.3 Å². The van der Waals surface area contributed by atoms with Crippen LogP contribution in [0.15, 0.2) is 28.5 Å². The highest BCUT2D eigenvalue weighted by Gasteiger charge is 2.26. The molecule has 0 radical (unpaired) electrons. The van der Waals surface area contributed by atoms with Crippen molar-refractivity contribution in [3.05, 3.63) is 30.0 Å². The van der Waals surface area contributed by atoms with Crippen LogP contribution in [0, 0.1) is 12.3 Å². The maximum Gasteiger partial charge on any atom is 0.327 e. The lowest BCUT2D eigenvalue weighted by Crippen LogP contribution is -2.31. The molecule has 0 aliphatic rings. The summed E-state index contributed by atoms with van der Waals surface area (Å²) >= 11 is 0.957. The van der Waals surface area contributed by atoms with Crippen LogP contribution in [0.3, 0.4) is 0 Å². The predicted octanol–water partition coefficient (Wildman–Crippen LogP) is 3.80. The minimum atomic E-state index is -3.61. The third kappa shape index (κ3) is 5.91. The fourth-order valence-electron chi connectivity index (χ4n) is 2.15. The van der Waals surface area contributed by atoms with Crippen LogP contribution in [-0.2, 0) is 10.0 Å². The molecule has 29 heavy (non-hydrogen) atoms. The van der Waals surface area contributed by atoms with Gasteiger partial charge in [0.15, 0.2) is 9.34 Å². The van der Waals surface area contributed by atoms with Gasteiger partial charge >= 0.3 is 6.03 Å². The van der Waals surface area contributed by atoms with Crippen LogP contribution in [0.25, 0.3) is 0 Å². The molecular weight excluding hydrogens is 412 g/mol. The molecule has 2 amide bonds. The standard InChI is InChI=1S/C19H28N4O4S2/c1-13-16(29(25,26)22(5)6)28-18(20-13)23(7)17(24)21-14-8-10-15(11-9-14)27-12-19(2,3)4/h8-11H,12H2,1-7H3,(H,21,24). The predicted molar refractivity (Wildman–Crippen MR) is 117 cm³/mol. The lowest BCUT2D eigenvalue weighted by atomic mass is 9.99. The van der Waals surface area contributed by atoms with E-state index in [1.807, 2.05) is 0 Å². The van der Waals surface area contributed by atoms with Gasteiger partial charge < -0.3 is 10.1 Å². The van der Waals surface area contributed by atoms with Gasteiger partial charge in [-0.15, -0.1) is 0 Å². The Hall–Kier alpha value is -2.17. The van der Waals surface area contributed by atoms with E-state index in [1.165, 1.54) is 19.0 Å². The van der Waals surface area contributed by atoms with Crippen molar-refractivity contribution in [3.8, 4) is 5.75 Å². The monoisotopic (exact) mass is 440 g/mol. The molecule has 10 heteroatoms. The van der Waals surface area contributed by atoms with Gasteiger partial charge in [-0.05, 0) is 36.6 Å². The normalized spacial score (nSPS) is 12.1. The minimum Gasteiger partial charge on any atom is -0.493 e.